The molecule has 0 amide bonds. The topological polar surface area (TPSA) is 38.5 Å². The number of methoxy groups -OCH3 is 1. The minimum atomic E-state index is 0.365. The van der Waals surface area contributed by atoms with Gasteiger partial charge in [0.2, 0.25) is 0 Å². The molecule has 1 unspecified atom stereocenters. The van der Waals surface area contributed by atoms with Gasteiger partial charge in [-0.15, -0.1) is 0 Å². The van der Waals surface area contributed by atoms with Crippen LogP contribution in [0.15, 0.2) is 10.7 Å². The number of hydrogen-bond acceptors (Lipinski definition) is 4. The molecule has 0 aromatic carbocycles. The van der Waals surface area contributed by atoms with Gasteiger partial charge in [-0.05, 0) is 25.7 Å². The molecule has 106 valence electrons. The summed E-state index contributed by atoms with van der Waals surface area (Å²) < 4.78 is 11.1. The molecule has 1 aromatic rings. The Balaban J connectivity index is 1.67. The molecule has 0 spiro atoms. The summed E-state index contributed by atoms with van der Waals surface area (Å²) in [5.41, 5.74) is 1.08. The number of fused-ring (bicyclic) bond motifs is 2. The molecular formula is C15H24N2O2. The lowest BCUT2D eigenvalue weighted by molar-refractivity contribution is 0.00205. The zero-order valence-electron chi connectivity index (χ0n) is 12.1. The molecular weight excluding hydrogens is 240 g/mol. The van der Waals surface area contributed by atoms with Gasteiger partial charge in [-0.25, -0.2) is 4.98 Å². The number of piperidine rings is 1. The molecule has 3 rings (SSSR count). The van der Waals surface area contributed by atoms with Crippen molar-refractivity contribution in [1.82, 2.24) is 9.88 Å². The van der Waals surface area contributed by atoms with Crippen molar-refractivity contribution in [2.75, 3.05) is 7.11 Å². The van der Waals surface area contributed by atoms with E-state index in [1.54, 1.807) is 0 Å². The van der Waals surface area contributed by atoms with Crippen LogP contribution in [-0.4, -0.2) is 35.2 Å². The highest BCUT2D eigenvalue weighted by molar-refractivity contribution is 5.03. The average molecular weight is 264 g/mol. The molecule has 2 aliphatic heterocycles. The first-order chi connectivity index (χ1) is 9.17. The van der Waals surface area contributed by atoms with Crippen molar-refractivity contribution < 1.29 is 9.15 Å². The summed E-state index contributed by atoms with van der Waals surface area (Å²) in [5.74, 6) is 1.22. The zero-order chi connectivity index (χ0) is 13.4. The van der Waals surface area contributed by atoms with Gasteiger partial charge >= 0.3 is 0 Å². The molecule has 0 aliphatic carbocycles. The van der Waals surface area contributed by atoms with Gasteiger partial charge in [-0.1, -0.05) is 13.8 Å². The number of oxazole rings is 1. The van der Waals surface area contributed by atoms with Crippen LogP contribution in [0.2, 0.25) is 0 Å². The third-order valence-corrected chi connectivity index (χ3v) is 4.58. The van der Waals surface area contributed by atoms with Gasteiger partial charge in [0.25, 0.3) is 0 Å². The molecule has 3 heterocycles. The van der Waals surface area contributed by atoms with E-state index in [1.165, 1.54) is 25.7 Å². The predicted octanol–water partition coefficient (Wildman–Crippen LogP) is 2.94. The van der Waals surface area contributed by atoms with Crippen LogP contribution in [0.25, 0.3) is 0 Å². The van der Waals surface area contributed by atoms with Crippen LogP contribution in [0.4, 0.5) is 0 Å². The fraction of sp³-hybridized carbons (Fsp3) is 0.800. The van der Waals surface area contributed by atoms with Crippen molar-refractivity contribution in [3.63, 3.8) is 0 Å². The second kappa shape index (κ2) is 5.25. The second-order valence-corrected chi connectivity index (χ2v) is 6.22. The maximum atomic E-state index is 5.55. The molecule has 19 heavy (non-hydrogen) atoms. The highest BCUT2D eigenvalue weighted by Gasteiger charge is 2.40. The second-order valence-electron chi connectivity index (χ2n) is 6.22. The lowest BCUT2D eigenvalue weighted by atomic mass is 9.99. The molecule has 4 nitrogen and oxygen atoms in total. The van der Waals surface area contributed by atoms with Crippen LogP contribution < -0.4 is 0 Å². The van der Waals surface area contributed by atoms with Gasteiger partial charge < -0.3 is 9.15 Å². The van der Waals surface area contributed by atoms with Crippen molar-refractivity contribution in [3.05, 3.63) is 17.8 Å². The molecule has 1 aromatic heterocycles. The van der Waals surface area contributed by atoms with Gasteiger partial charge in [0.1, 0.15) is 6.26 Å². The first-order valence-electron chi connectivity index (χ1n) is 7.40. The molecule has 2 bridgehead atoms. The first kappa shape index (κ1) is 13.1. The van der Waals surface area contributed by atoms with Gasteiger partial charge in [0.15, 0.2) is 5.89 Å². The summed E-state index contributed by atoms with van der Waals surface area (Å²) in [7, 11) is 1.84. The number of ether oxygens (including phenoxy) is 1. The Kier molecular flexibility index (Phi) is 3.63. The van der Waals surface area contributed by atoms with E-state index in [9.17, 15) is 0 Å². The summed E-state index contributed by atoms with van der Waals surface area (Å²) in [6.45, 7) is 5.16. The maximum absolute atomic E-state index is 5.55. The Bertz CT molecular complexity index is 416. The fourth-order valence-electron chi connectivity index (χ4n) is 3.52. The molecule has 4 heteroatoms. The standard InChI is InChI=1S/C15H24N2O2/c1-10(2)15-16-11(9-19-15)8-17-12-4-5-13(17)7-14(6-12)18-3/h9-10,12-14H,4-8H2,1-3H3/t12-,13+,14?. The van der Waals surface area contributed by atoms with Crippen LogP contribution in [0.5, 0.6) is 0 Å². The number of rotatable bonds is 4. The quantitative estimate of drug-likeness (QED) is 0.838. The summed E-state index contributed by atoms with van der Waals surface area (Å²) >= 11 is 0. The van der Waals surface area contributed by atoms with Crippen molar-refractivity contribution in [2.45, 2.75) is 70.2 Å². The Morgan fingerprint density at radius 2 is 2.05 bits per heavy atom. The van der Waals surface area contributed by atoms with E-state index in [1.807, 2.05) is 13.4 Å². The molecule has 2 fully saturated rings. The summed E-state index contributed by atoms with van der Waals surface area (Å²) in [4.78, 5) is 7.21. The molecule has 2 saturated heterocycles. The average Bonchev–Trinajstić information content (AvgIpc) is 2.93. The Morgan fingerprint density at radius 1 is 1.37 bits per heavy atom. The summed E-state index contributed by atoms with van der Waals surface area (Å²) in [6.07, 6.45) is 7.23. The molecule has 0 radical (unpaired) electrons. The lowest BCUT2D eigenvalue weighted by Gasteiger charge is -2.37. The maximum Gasteiger partial charge on any atom is 0.196 e. The monoisotopic (exact) mass is 264 g/mol. The van der Waals surface area contributed by atoms with E-state index in [4.69, 9.17) is 9.15 Å². The van der Waals surface area contributed by atoms with Crippen LogP contribution in [0.3, 0.4) is 0 Å². The zero-order valence-corrected chi connectivity index (χ0v) is 12.1. The third-order valence-electron chi connectivity index (χ3n) is 4.58. The minimum Gasteiger partial charge on any atom is -0.448 e. The molecule has 0 saturated carbocycles. The number of aromatic nitrogens is 1. The number of hydrogen-bond donors (Lipinski definition) is 0. The molecule has 3 atom stereocenters. The van der Waals surface area contributed by atoms with Crippen LogP contribution in [0, 0.1) is 0 Å². The van der Waals surface area contributed by atoms with Gasteiger partial charge in [-0.2, -0.15) is 0 Å². The smallest absolute Gasteiger partial charge is 0.196 e. The number of nitrogens with zero attached hydrogens (tertiary/aromatic N) is 2. The van der Waals surface area contributed by atoms with E-state index >= 15 is 0 Å². The van der Waals surface area contributed by atoms with E-state index in [2.05, 4.69) is 23.7 Å². The fourth-order valence-corrected chi connectivity index (χ4v) is 3.52. The van der Waals surface area contributed by atoms with Crippen molar-refractivity contribution in [2.24, 2.45) is 0 Å². The predicted molar refractivity (Wildman–Crippen MR) is 73.0 cm³/mol. The largest absolute Gasteiger partial charge is 0.448 e. The van der Waals surface area contributed by atoms with Gasteiger partial charge in [0.05, 0.1) is 11.8 Å². The lowest BCUT2D eigenvalue weighted by Crippen LogP contribution is -2.44. The Hall–Kier alpha value is -0.870. The van der Waals surface area contributed by atoms with Crippen molar-refractivity contribution >= 4 is 0 Å². The first-order valence-corrected chi connectivity index (χ1v) is 7.40. The Labute approximate surface area is 115 Å². The van der Waals surface area contributed by atoms with E-state index in [0.717, 1.165) is 18.1 Å². The van der Waals surface area contributed by atoms with Gasteiger partial charge in [-0.3, -0.25) is 4.90 Å². The summed E-state index contributed by atoms with van der Waals surface area (Å²) in [5, 5.41) is 0. The van der Waals surface area contributed by atoms with E-state index in [-0.39, 0.29) is 0 Å². The van der Waals surface area contributed by atoms with Crippen molar-refractivity contribution in [3.8, 4) is 0 Å². The van der Waals surface area contributed by atoms with Crippen molar-refractivity contribution in [1.29, 1.82) is 0 Å². The third kappa shape index (κ3) is 2.56. The molecule has 0 N–H and O–H groups in total. The normalized spacial score (nSPS) is 31.3. The molecule has 2 aliphatic rings. The van der Waals surface area contributed by atoms with Crippen LogP contribution in [0.1, 0.15) is 57.0 Å². The Morgan fingerprint density at radius 3 is 2.58 bits per heavy atom. The SMILES string of the molecule is COC1C[C@H]2CC[C@@H](C1)N2Cc1coc(C(C)C)n1. The van der Waals surface area contributed by atoms with Crippen LogP contribution in [-0.2, 0) is 11.3 Å². The van der Waals surface area contributed by atoms with Crippen LogP contribution >= 0.6 is 0 Å². The highest BCUT2D eigenvalue weighted by atomic mass is 16.5. The summed E-state index contributed by atoms with van der Waals surface area (Å²) in [6, 6.07) is 1.34. The minimum absolute atomic E-state index is 0.365. The van der Waals surface area contributed by atoms with E-state index < -0.39 is 0 Å². The van der Waals surface area contributed by atoms with Gasteiger partial charge in [0, 0.05) is 31.7 Å². The highest BCUT2D eigenvalue weighted by Crippen LogP contribution is 2.37. The van der Waals surface area contributed by atoms with E-state index in [0.29, 0.717) is 24.1 Å².